The Morgan fingerprint density at radius 2 is 2.15 bits per heavy atom. The van der Waals surface area contributed by atoms with E-state index in [1.807, 2.05) is 0 Å². The average Bonchev–Trinajstić information content (AvgIpc) is 2.15. The van der Waals surface area contributed by atoms with E-state index in [0.717, 1.165) is 32.1 Å². The SMILES string of the molecule is COC(=O)C12CCCC(CO)(C1)C2. The predicted octanol–water partition coefficient (Wildman–Crippen LogP) is 1.10. The first kappa shape index (κ1) is 9.00. The molecule has 3 heteroatoms. The van der Waals surface area contributed by atoms with Gasteiger partial charge in [0, 0.05) is 6.61 Å². The normalized spacial score (nSPS) is 42.3. The lowest BCUT2D eigenvalue weighted by atomic mass is 9.46. The van der Waals surface area contributed by atoms with E-state index in [1.54, 1.807) is 0 Å². The number of hydrogen-bond acceptors (Lipinski definition) is 3. The van der Waals surface area contributed by atoms with Crippen LogP contribution < -0.4 is 0 Å². The molecular weight excluding hydrogens is 168 g/mol. The van der Waals surface area contributed by atoms with Crippen molar-refractivity contribution in [3.8, 4) is 0 Å². The highest BCUT2D eigenvalue weighted by Gasteiger charge is 2.61. The quantitative estimate of drug-likeness (QED) is 0.654. The van der Waals surface area contributed by atoms with E-state index in [-0.39, 0.29) is 23.4 Å². The topological polar surface area (TPSA) is 46.5 Å². The van der Waals surface area contributed by atoms with E-state index in [2.05, 4.69) is 0 Å². The number of hydrogen-bond donors (Lipinski definition) is 1. The molecule has 3 fully saturated rings. The van der Waals surface area contributed by atoms with Gasteiger partial charge in [0.1, 0.15) is 0 Å². The predicted molar refractivity (Wildman–Crippen MR) is 47.1 cm³/mol. The second-order valence-electron chi connectivity index (χ2n) is 4.64. The van der Waals surface area contributed by atoms with E-state index in [0.29, 0.717) is 0 Å². The first-order valence-corrected chi connectivity index (χ1v) is 4.86. The van der Waals surface area contributed by atoms with Gasteiger partial charge < -0.3 is 9.84 Å². The second-order valence-corrected chi connectivity index (χ2v) is 4.64. The van der Waals surface area contributed by atoms with Crippen molar-refractivity contribution in [2.45, 2.75) is 32.1 Å². The Hall–Kier alpha value is -0.570. The molecule has 0 saturated heterocycles. The highest BCUT2D eigenvalue weighted by molar-refractivity contribution is 5.78. The Labute approximate surface area is 78.1 Å². The summed E-state index contributed by atoms with van der Waals surface area (Å²) in [5.74, 6) is -0.0729. The van der Waals surface area contributed by atoms with Crippen molar-refractivity contribution in [1.29, 1.82) is 0 Å². The van der Waals surface area contributed by atoms with Crippen LogP contribution in [0.25, 0.3) is 0 Å². The van der Waals surface area contributed by atoms with E-state index < -0.39 is 0 Å². The third-order valence-corrected chi connectivity index (χ3v) is 3.74. The molecular formula is C10H16O3. The molecule has 0 aromatic rings. The van der Waals surface area contributed by atoms with Crippen LogP contribution in [0.5, 0.6) is 0 Å². The molecule has 0 aromatic carbocycles. The summed E-state index contributed by atoms with van der Waals surface area (Å²) < 4.78 is 4.80. The molecule has 0 heterocycles. The van der Waals surface area contributed by atoms with Crippen LogP contribution in [-0.2, 0) is 9.53 Å². The third kappa shape index (κ3) is 1.10. The molecule has 1 N–H and O–H groups in total. The fraction of sp³-hybridized carbons (Fsp3) is 0.900. The van der Waals surface area contributed by atoms with Crippen LogP contribution in [0.15, 0.2) is 0 Å². The summed E-state index contributed by atoms with van der Waals surface area (Å²) in [5.41, 5.74) is -0.165. The zero-order valence-corrected chi connectivity index (χ0v) is 8.01. The van der Waals surface area contributed by atoms with Crippen LogP contribution in [0.1, 0.15) is 32.1 Å². The van der Waals surface area contributed by atoms with E-state index in [9.17, 15) is 9.90 Å². The fourth-order valence-electron chi connectivity index (χ4n) is 3.19. The van der Waals surface area contributed by atoms with Crippen LogP contribution in [-0.4, -0.2) is 24.8 Å². The van der Waals surface area contributed by atoms with Gasteiger partial charge in [-0.1, -0.05) is 6.42 Å². The summed E-state index contributed by atoms with van der Waals surface area (Å²) in [6.45, 7) is 0.228. The summed E-state index contributed by atoms with van der Waals surface area (Å²) in [6.07, 6.45) is 4.74. The van der Waals surface area contributed by atoms with Crippen molar-refractivity contribution in [2.24, 2.45) is 10.8 Å². The first-order valence-electron chi connectivity index (χ1n) is 4.86. The third-order valence-electron chi connectivity index (χ3n) is 3.74. The molecule has 0 radical (unpaired) electrons. The van der Waals surface area contributed by atoms with Crippen molar-refractivity contribution in [2.75, 3.05) is 13.7 Å². The Balaban J connectivity index is 2.10. The van der Waals surface area contributed by atoms with E-state index >= 15 is 0 Å². The summed E-state index contributed by atoms with van der Waals surface area (Å²) >= 11 is 0. The molecule has 0 spiro atoms. The van der Waals surface area contributed by atoms with Crippen LogP contribution in [0.3, 0.4) is 0 Å². The molecule has 2 bridgehead atoms. The van der Waals surface area contributed by atoms with Gasteiger partial charge in [-0.3, -0.25) is 4.79 Å². The largest absolute Gasteiger partial charge is 0.469 e. The summed E-state index contributed by atoms with van der Waals surface area (Å²) in [5, 5.41) is 9.21. The lowest BCUT2D eigenvalue weighted by Gasteiger charge is -2.58. The number of rotatable bonds is 2. The molecule has 74 valence electrons. The molecule has 3 aliphatic carbocycles. The highest BCUT2D eigenvalue weighted by Crippen LogP contribution is 2.63. The molecule has 3 saturated carbocycles. The van der Waals surface area contributed by atoms with Gasteiger partial charge in [0.2, 0.25) is 0 Å². The Bertz CT molecular complexity index is 228. The Kier molecular flexibility index (Phi) is 1.88. The fourth-order valence-corrected chi connectivity index (χ4v) is 3.19. The molecule has 13 heavy (non-hydrogen) atoms. The van der Waals surface area contributed by atoms with Crippen molar-refractivity contribution in [3.05, 3.63) is 0 Å². The molecule has 0 atom stereocenters. The van der Waals surface area contributed by atoms with Gasteiger partial charge in [0.05, 0.1) is 12.5 Å². The molecule has 0 aliphatic heterocycles. The van der Waals surface area contributed by atoms with Gasteiger partial charge in [0.15, 0.2) is 0 Å². The van der Waals surface area contributed by atoms with Gasteiger partial charge >= 0.3 is 5.97 Å². The Morgan fingerprint density at radius 3 is 2.69 bits per heavy atom. The summed E-state index contributed by atoms with van der Waals surface area (Å²) in [6, 6.07) is 0. The molecule has 0 amide bonds. The number of fused-ring (bicyclic) bond motifs is 2. The maximum absolute atomic E-state index is 11.5. The molecule has 3 nitrogen and oxygen atoms in total. The highest BCUT2D eigenvalue weighted by atomic mass is 16.5. The lowest BCUT2D eigenvalue weighted by molar-refractivity contribution is -0.184. The maximum Gasteiger partial charge on any atom is 0.311 e. The van der Waals surface area contributed by atoms with Gasteiger partial charge in [-0.25, -0.2) is 0 Å². The first-order chi connectivity index (χ1) is 6.16. The maximum atomic E-state index is 11.5. The zero-order chi connectivity index (χ0) is 9.53. The smallest absolute Gasteiger partial charge is 0.311 e. The van der Waals surface area contributed by atoms with Crippen LogP contribution >= 0.6 is 0 Å². The minimum absolute atomic E-state index is 0.0619. The minimum Gasteiger partial charge on any atom is -0.469 e. The van der Waals surface area contributed by atoms with Gasteiger partial charge in [-0.15, -0.1) is 0 Å². The number of aliphatic hydroxyl groups excluding tert-OH is 1. The number of carbonyl (C=O) groups excluding carboxylic acids is 1. The molecule has 0 aromatic heterocycles. The van der Waals surface area contributed by atoms with Crippen molar-refractivity contribution < 1.29 is 14.6 Å². The number of esters is 1. The van der Waals surface area contributed by atoms with Gasteiger partial charge in [-0.2, -0.15) is 0 Å². The number of ether oxygens (including phenoxy) is 1. The standard InChI is InChI=1S/C10H16O3/c1-13-8(12)10-4-2-3-9(5-10,6-10)7-11/h11H,2-7H2,1H3. The minimum atomic E-state index is -0.226. The molecule has 3 rings (SSSR count). The van der Waals surface area contributed by atoms with Crippen molar-refractivity contribution in [3.63, 3.8) is 0 Å². The van der Waals surface area contributed by atoms with E-state index in [4.69, 9.17) is 4.74 Å². The Morgan fingerprint density at radius 1 is 1.46 bits per heavy atom. The van der Waals surface area contributed by atoms with Crippen molar-refractivity contribution in [1.82, 2.24) is 0 Å². The molecule has 0 unspecified atom stereocenters. The molecule has 3 aliphatic rings. The lowest BCUT2D eigenvalue weighted by Crippen LogP contribution is -2.56. The summed E-state index contributed by atoms with van der Waals surface area (Å²) in [4.78, 5) is 11.5. The van der Waals surface area contributed by atoms with E-state index in [1.165, 1.54) is 7.11 Å². The van der Waals surface area contributed by atoms with Crippen molar-refractivity contribution >= 4 is 5.97 Å². The van der Waals surface area contributed by atoms with Crippen LogP contribution in [0.2, 0.25) is 0 Å². The number of carbonyl (C=O) groups is 1. The zero-order valence-electron chi connectivity index (χ0n) is 8.01. The van der Waals surface area contributed by atoms with Gasteiger partial charge in [0.25, 0.3) is 0 Å². The van der Waals surface area contributed by atoms with Crippen LogP contribution in [0.4, 0.5) is 0 Å². The monoisotopic (exact) mass is 184 g/mol. The number of methoxy groups -OCH3 is 1. The number of aliphatic hydroxyl groups is 1. The second kappa shape index (κ2) is 2.71. The average molecular weight is 184 g/mol. The van der Waals surface area contributed by atoms with Gasteiger partial charge in [-0.05, 0) is 31.1 Å². The van der Waals surface area contributed by atoms with Crippen LogP contribution in [0, 0.1) is 10.8 Å². The summed E-state index contributed by atoms with van der Waals surface area (Å²) in [7, 11) is 1.45.